The predicted molar refractivity (Wildman–Crippen MR) is 108 cm³/mol. The van der Waals surface area contributed by atoms with Crippen LogP contribution in [0.4, 0.5) is 18.0 Å². The van der Waals surface area contributed by atoms with E-state index in [1.54, 1.807) is 18.2 Å². The van der Waals surface area contributed by atoms with E-state index >= 15 is 0 Å². The molecule has 0 saturated carbocycles. The number of halogens is 4. The highest BCUT2D eigenvalue weighted by molar-refractivity contribution is 6.32. The Bertz CT molecular complexity index is 1170. The van der Waals surface area contributed by atoms with Gasteiger partial charge in [-0.3, -0.25) is 14.5 Å². The highest BCUT2D eigenvalue weighted by Crippen LogP contribution is 2.35. The molecule has 1 unspecified atom stereocenters. The Balaban J connectivity index is 1.68. The summed E-state index contributed by atoms with van der Waals surface area (Å²) in [7, 11) is 0. The second-order valence-electron chi connectivity index (χ2n) is 7.62. The third-order valence-electron chi connectivity index (χ3n) is 5.46. The molecule has 1 atom stereocenters. The predicted octanol–water partition coefficient (Wildman–Crippen LogP) is 2.96. The first-order valence-corrected chi connectivity index (χ1v) is 10.4. The summed E-state index contributed by atoms with van der Waals surface area (Å²) in [6.45, 7) is -1.71. The van der Waals surface area contributed by atoms with Crippen LogP contribution in [0.5, 0.6) is 11.5 Å². The minimum atomic E-state index is -4.64. The number of carbonyl (C=O) groups excluding carboxylic acids is 2. The zero-order valence-electron chi connectivity index (χ0n) is 17.0. The van der Waals surface area contributed by atoms with Gasteiger partial charge in [-0.2, -0.15) is 18.2 Å². The second kappa shape index (κ2) is 8.58. The summed E-state index contributed by atoms with van der Waals surface area (Å²) in [5.41, 5.74) is -1.74. The quantitative estimate of drug-likeness (QED) is 0.715. The Kier molecular flexibility index (Phi) is 5.95. The summed E-state index contributed by atoms with van der Waals surface area (Å²) >= 11 is 6.03. The van der Waals surface area contributed by atoms with Gasteiger partial charge in [0.1, 0.15) is 12.4 Å². The number of para-hydroxylation sites is 1. The van der Waals surface area contributed by atoms with E-state index in [1.807, 2.05) is 0 Å². The summed E-state index contributed by atoms with van der Waals surface area (Å²) < 4.78 is 45.1. The fraction of sp³-hybridized carbons (Fsp3) is 0.400. The first-order chi connectivity index (χ1) is 15.6. The molecule has 2 amide bonds. The topological polar surface area (TPSA) is 105 Å². The van der Waals surface area contributed by atoms with E-state index in [2.05, 4.69) is 4.98 Å². The Morgan fingerprint density at radius 1 is 1.21 bits per heavy atom. The van der Waals surface area contributed by atoms with Gasteiger partial charge in [-0.05, 0) is 25.0 Å². The molecular weight excluding hydrogens is 469 g/mol. The van der Waals surface area contributed by atoms with Gasteiger partial charge in [-0.25, -0.2) is 4.79 Å². The molecule has 1 aromatic carbocycles. The molecule has 0 bridgehead atoms. The largest absolute Gasteiger partial charge is 0.501 e. The normalized spacial score (nSPS) is 18.4. The van der Waals surface area contributed by atoms with E-state index in [1.165, 1.54) is 15.5 Å². The van der Waals surface area contributed by atoms with Gasteiger partial charge in [0.05, 0.1) is 11.1 Å². The maximum Gasteiger partial charge on any atom is 0.415 e. The average Bonchev–Trinajstić information content (AvgIpc) is 3.23. The lowest BCUT2D eigenvalue weighted by Gasteiger charge is -2.33. The lowest BCUT2D eigenvalue weighted by atomic mass is 10.1. The van der Waals surface area contributed by atoms with Gasteiger partial charge in [0.2, 0.25) is 5.75 Å². The zero-order chi connectivity index (χ0) is 23.9. The lowest BCUT2D eigenvalue weighted by Crippen LogP contribution is -2.47. The molecule has 1 N–H and O–H groups in total. The molecule has 13 heteroatoms. The molecule has 2 aliphatic rings. The SMILES string of the molecule is O=C1c2c(O)c(=O)nc(C3CCCN3C(=O)Oc3ccccc3Cl)n2CCN1CC(F)(F)F. The standard InChI is InChI=1S/C20H18ClF3N4O5/c21-11-4-1-2-6-13(11)33-19(32)27-7-3-5-12(27)16-25-17(30)15(29)14-18(31)26(8-9-28(14)16)10-20(22,23)24/h1-2,4,6,12,29H,3,5,7-10H2. The molecule has 0 spiro atoms. The van der Waals surface area contributed by atoms with Crippen LogP contribution in [0.15, 0.2) is 29.1 Å². The molecule has 1 saturated heterocycles. The van der Waals surface area contributed by atoms with E-state index in [4.69, 9.17) is 16.3 Å². The highest BCUT2D eigenvalue weighted by atomic mass is 35.5. The summed E-state index contributed by atoms with van der Waals surface area (Å²) in [4.78, 5) is 43.5. The molecule has 9 nitrogen and oxygen atoms in total. The van der Waals surface area contributed by atoms with Crippen molar-refractivity contribution in [2.45, 2.75) is 31.6 Å². The number of amides is 2. The number of alkyl halides is 3. The molecule has 2 aliphatic heterocycles. The number of carbonyl (C=O) groups is 2. The Morgan fingerprint density at radius 3 is 2.64 bits per heavy atom. The third kappa shape index (κ3) is 4.47. The monoisotopic (exact) mass is 486 g/mol. The number of benzene rings is 1. The third-order valence-corrected chi connectivity index (χ3v) is 5.77. The van der Waals surface area contributed by atoms with Crippen molar-refractivity contribution in [3.8, 4) is 11.5 Å². The Morgan fingerprint density at radius 2 is 1.94 bits per heavy atom. The van der Waals surface area contributed by atoms with Crippen molar-refractivity contribution >= 4 is 23.6 Å². The summed E-state index contributed by atoms with van der Waals surface area (Å²) in [5.74, 6) is -2.04. The van der Waals surface area contributed by atoms with Crippen LogP contribution < -0.4 is 10.3 Å². The van der Waals surface area contributed by atoms with Gasteiger partial charge >= 0.3 is 17.8 Å². The highest BCUT2D eigenvalue weighted by Gasteiger charge is 2.41. The molecule has 1 fully saturated rings. The first-order valence-electron chi connectivity index (χ1n) is 9.99. The number of nitrogens with zero attached hydrogens (tertiary/aromatic N) is 4. The maximum atomic E-state index is 12.8. The van der Waals surface area contributed by atoms with Crippen molar-refractivity contribution in [1.29, 1.82) is 0 Å². The number of fused-ring (bicyclic) bond motifs is 1. The molecule has 0 aliphatic carbocycles. The summed E-state index contributed by atoms with van der Waals surface area (Å²) in [6.07, 6.45) is -4.51. The van der Waals surface area contributed by atoms with Crippen molar-refractivity contribution in [2.75, 3.05) is 19.6 Å². The van der Waals surface area contributed by atoms with Crippen molar-refractivity contribution in [3.63, 3.8) is 0 Å². The number of aromatic nitrogens is 2. The number of aromatic hydroxyl groups is 1. The molecular formula is C20H18ClF3N4O5. The van der Waals surface area contributed by atoms with Crippen molar-refractivity contribution in [2.24, 2.45) is 0 Å². The molecule has 1 aromatic heterocycles. The van der Waals surface area contributed by atoms with E-state index < -0.39 is 47.8 Å². The van der Waals surface area contributed by atoms with Gasteiger partial charge in [0, 0.05) is 19.6 Å². The van der Waals surface area contributed by atoms with E-state index in [0.717, 1.165) is 0 Å². The summed E-state index contributed by atoms with van der Waals surface area (Å²) in [6, 6.07) is 5.56. The van der Waals surface area contributed by atoms with E-state index in [-0.39, 0.29) is 36.2 Å². The summed E-state index contributed by atoms with van der Waals surface area (Å²) in [5, 5.41) is 10.4. The molecule has 33 heavy (non-hydrogen) atoms. The minimum Gasteiger partial charge on any atom is -0.501 e. The fourth-order valence-electron chi connectivity index (χ4n) is 4.03. The molecule has 2 aromatic rings. The Labute approximate surface area is 189 Å². The van der Waals surface area contributed by atoms with Gasteiger partial charge in [0.15, 0.2) is 11.4 Å². The van der Waals surface area contributed by atoms with Gasteiger partial charge in [-0.1, -0.05) is 23.7 Å². The molecule has 176 valence electrons. The van der Waals surface area contributed by atoms with Crippen LogP contribution in [-0.4, -0.2) is 62.3 Å². The maximum absolute atomic E-state index is 12.8. The van der Waals surface area contributed by atoms with Gasteiger partial charge in [0.25, 0.3) is 5.91 Å². The van der Waals surface area contributed by atoms with Gasteiger partial charge < -0.3 is 19.3 Å². The van der Waals surface area contributed by atoms with E-state index in [9.17, 15) is 32.7 Å². The van der Waals surface area contributed by atoms with Crippen molar-refractivity contribution in [3.05, 3.63) is 51.2 Å². The van der Waals surface area contributed by atoms with Crippen molar-refractivity contribution in [1.82, 2.24) is 19.4 Å². The number of hydrogen-bond acceptors (Lipinski definition) is 6. The number of likely N-dealkylation sites (tertiary alicyclic amines) is 1. The van der Waals surface area contributed by atoms with Gasteiger partial charge in [-0.15, -0.1) is 0 Å². The fourth-order valence-corrected chi connectivity index (χ4v) is 4.21. The number of hydrogen-bond donors (Lipinski definition) is 1. The van der Waals surface area contributed by atoms with Crippen LogP contribution in [-0.2, 0) is 6.54 Å². The van der Waals surface area contributed by atoms with Crippen molar-refractivity contribution < 1.29 is 32.6 Å². The van der Waals surface area contributed by atoms with E-state index in [0.29, 0.717) is 17.7 Å². The van der Waals surface area contributed by atoms with Crippen LogP contribution in [0.1, 0.15) is 35.2 Å². The van der Waals surface area contributed by atoms with Crippen LogP contribution >= 0.6 is 11.6 Å². The number of ether oxygens (including phenoxy) is 1. The average molecular weight is 487 g/mol. The first kappa shape index (κ1) is 22.9. The zero-order valence-corrected chi connectivity index (χ0v) is 17.8. The number of rotatable bonds is 3. The Hall–Kier alpha value is -3.28. The molecule has 4 rings (SSSR count). The van der Waals surface area contributed by atoms with Crippen LogP contribution in [0.25, 0.3) is 0 Å². The smallest absolute Gasteiger partial charge is 0.415 e. The molecule has 0 radical (unpaired) electrons. The second-order valence-corrected chi connectivity index (χ2v) is 8.02. The minimum absolute atomic E-state index is 0.00131. The molecule has 3 heterocycles. The van der Waals surface area contributed by atoms with Crippen LogP contribution in [0, 0.1) is 0 Å². The van der Waals surface area contributed by atoms with Crippen LogP contribution in [0.2, 0.25) is 5.02 Å². The lowest BCUT2D eigenvalue weighted by molar-refractivity contribution is -0.141. The van der Waals surface area contributed by atoms with Crippen LogP contribution in [0.3, 0.4) is 0 Å².